The summed E-state index contributed by atoms with van der Waals surface area (Å²) in [7, 11) is 0. The number of ether oxygens (including phenoxy) is 1. The number of rotatable bonds is 6. The van der Waals surface area contributed by atoms with E-state index < -0.39 is 54.5 Å². The first-order chi connectivity index (χ1) is 13.6. The molecule has 1 aromatic heterocycles. The molecule has 1 fully saturated rings. The van der Waals surface area contributed by atoms with Crippen molar-refractivity contribution in [1.82, 2.24) is 4.57 Å². The number of halogens is 4. The molecule has 0 aliphatic carbocycles. The van der Waals surface area contributed by atoms with E-state index in [4.69, 9.17) is 20.0 Å². The van der Waals surface area contributed by atoms with Crippen LogP contribution in [0.15, 0.2) is 21.7 Å². The summed E-state index contributed by atoms with van der Waals surface area (Å²) < 4.78 is 63.8. The Balaban J connectivity index is 2.09. The van der Waals surface area contributed by atoms with Gasteiger partial charge in [-0.1, -0.05) is 0 Å². The minimum atomic E-state index is -4.73. The molecule has 1 atom stereocenters. The second kappa shape index (κ2) is 7.62. The second-order valence-electron chi connectivity index (χ2n) is 5.89. The van der Waals surface area contributed by atoms with E-state index in [0.717, 1.165) is 17.0 Å². The summed E-state index contributed by atoms with van der Waals surface area (Å²) in [4.78, 5) is 28.6. The molecule has 0 bridgehead atoms. The highest BCUT2D eigenvalue weighted by Crippen LogP contribution is 2.29. The Morgan fingerprint density at radius 1 is 1.41 bits per heavy atom. The van der Waals surface area contributed by atoms with Crippen molar-refractivity contribution in [2.24, 2.45) is 10.9 Å². The molecular weight excluding hydrogens is 408 g/mol. The Labute approximate surface area is 158 Å². The van der Waals surface area contributed by atoms with Crippen LogP contribution in [-0.4, -0.2) is 53.7 Å². The Kier molecular flexibility index (Phi) is 5.37. The molecule has 14 heteroatoms. The number of aliphatic hydroxyl groups excluding tert-OH is 1. The van der Waals surface area contributed by atoms with E-state index in [9.17, 15) is 27.2 Å². The van der Waals surface area contributed by atoms with Crippen LogP contribution >= 0.6 is 0 Å². The van der Waals surface area contributed by atoms with E-state index in [-0.39, 0.29) is 24.4 Å². The predicted molar refractivity (Wildman–Crippen MR) is 85.6 cm³/mol. The zero-order chi connectivity index (χ0) is 21.3. The van der Waals surface area contributed by atoms with Crippen molar-refractivity contribution in [1.29, 1.82) is 0 Å². The average Bonchev–Trinajstić information content (AvgIpc) is 3.15. The number of amides is 2. The summed E-state index contributed by atoms with van der Waals surface area (Å²) in [5, 5.41) is 12.0. The van der Waals surface area contributed by atoms with Gasteiger partial charge in [-0.15, -0.1) is 0 Å². The van der Waals surface area contributed by atoms with Crippen LogP contribution in [0.25, 0.3) is 11.1 Å². The van der Waals surface area contributed by atoms with Crippen LogP contribution in [0.4, 0.5) is 28.0 Å². The molecule has 10 nitrogen and oxygen atoms in total. The van der Waals surface area contributed by atoms with E-state index in [0.29, 0.717) is 4.57 Å². The SMILES string of the molecule is NC(=O)[C@H]1CN(c2cc(F)c3c(c2)o/c(=N\OCCO)n3CC(F)(F)F)C(=O)O1. The molecule has 2 aromatic rings. The summed E-state index contributed by atoms with van der Waals surface area (Å²) in [6, 6.07) is 1.87. The monoisotopic (exact) mass is 422 g/mol. The highest BCUT2D eigenvalue weighted by Gasteiger charge is 2.37. The van der Waals surface area contributed by atoms with E-state index >= 15 is 0 Å². The van der Waals surface area contributed by atoms with E-state index in [1.807, 2.05) is 0 Å². The number of cyclic esters (lactones) is 1. The lowest BCUT2D eigenvalue weighted by molar-refractivity contribution is -0.141. The fourth-order valence-corrected chi connectivity index (χ4v) is 2.66. The fraction of sp³-hybridized carbons (Fsp3) is 0.400. The van der Waals surface area contributed by atoms with Crippen LogP contribution in [0, 0.1) is 5.82 Å². The molecule has 1 aliphatic rings. The first-order valence-corrected chi connectivity index (χ1v) is 8.04. The maximum Gasteiger partial charge on any atom is 0.415 e. The minimum Gasteiger partial charge on any atom is -0.434 e. The third-order valence-corrected chi connectivity index (χ3v) is 3.82. The maximum absolute atomic E-state index is 14.7. The van der Waals surface area contributed by atoms with Gasteiger partial charge in [0.2, 0.25) is 0 Å². The number of hydrogen-bond acceptors (Lipinski definition) is 7. The van der Waals surface area contributed by atoms with Gasteiger partial charge in [-0.2, -0.15) is 13.2 Å². The van der Waals surface area contributed by atoms with E-state index in [2.05, 4.69) is 9.99 Å². The zero-order valence-electron chi connectivity index (χ0n) is 14.5. The van der Waals surface area contributed by atoms with Crippen LogP contribution in [0.1, 0.15) is 0 Å². The van der Waals surface area contributed by atoms with Crippen molar-refractivity contribution < 1.29 is 46.2 Å². The lowest BCUT2D eigenvalue weighted by Crippen LogP contribution is -2.32. The number of benzene rings is 1. The van der Waals surface area contributed by atoms with E-state index in [1.165, 1.54) is 0 Å². The number of anilines is 1. The standard InChI is InChI=1S/C15H14F4N4O6/c16-8-3-7(22-5-10(12(20)25)29-14(22)26)4-9-11(8)23(6-15(17,18)19)13(28-9)21-27-2-1-24/h3-4,10,24H,1-2,5-6H2,(H2,20,25)/b21-13-/t10-/m1/s1. The molecule has 0 radical (unpaired) electrons. The molecule has 1 aliphatic heterocycles. The number of aliphatic hydroxyl groups is 1. The fourth-order valence-electron chi connectivity index (χ4n) is 2.66. The van der Waals surface area contributed by atoms with E-state index in [1.54, 1.807) is 0 Å². The first-order valence-electron chi connectivity index (χ1n) is 8.04. The summed E-state index contributed by atoms with van der Waals surface area (Å²) in [6.07, 6.45) is -6.98. The van der Waals surface area contributed by atoms with Gasteiger partial charge in [0.15, 0.2) is 17.5 Å². The molecule has 0 unspecified atom stereocenters. The van der Waals surface area contributed by atoms with Crippen LogP contribution in [0.3, 0.4) is 0 Å². The number of alkyl halides is 3. The smallest absolute Gasteiger partial charge is 0.415 e. The number of nitrogens with zero attached hydrogens (tertiary/aromatic N) is 3. The number of nitrogens with two attached hydrogens (primary N) is 1. The van der Waals surface area contributed by atoms with Gasteiger partial charge in [-0.25, -0.2) is 9.18 Å². The van der Waals surface area contributed by atoms with Gasteiger partial charge in [-0.05, 0) is 5.16 Å². The van der Waals surface area contributed by atoms with Crippen molar-refractivity contribution in [2.45, 2.75) is 18.8 Å². The highest BCUT2D eigenvalue weighted by molar-refractivity contribution is 5.96. The minimum absolute atomic E-state index is 0.125. The summed E-state index contributed by atoms with van der Waals surface area (Å²) in [5.74, 6) is -2.06. The lowest BCUT2D eigenvalue weighted by atomic mass is 10.2. The number of aromatic nitrogens is 1. The predicted octanol–water partition coefficient (Wildman–Crippen LogP) is 0.571. The Hall–Kier alpha value is -3.29. The maximum atomic E-state index is 14.7. The molecule has 3 rings (SSSR count). The highest BCUT2D eigenvalue weighted by atomic mass is 19.4. The van der Waals surface area contributed by atoms with Crippen LogP contribution in [0.2, 0.25) is 0 Å². The van der Waals surface area contributed by atoms with Crippen LogP contribution < -0.4 is 16.3 Å². The van der Waals surface area contributed by atoms with Gasteiger partial charge in [0.1, 0.15) is 18.7 Å². The first kappa shape index (κ1) is 20.4. The third-order valence-electron chi connectivity index (χ3n) is 3.82. The molecule has 3 N–H and O–H groups in total. The number of fused-ring (bicyclic) bond motifs is 1. The van der Waals surface area contributed by atoms with Crippen LogP contribution in [0.5, 0.6) is 0 Å². The van der Waals surface area contributed by atoms with Gasteiger partial charge >= 0.3 is 18.0 Å². The van der Waals surface area contributed by atoms with Crippen molar-refractivity contribution >= 4 is 28.8 Å². The van der Waals surface area contributed by atoms with Gasteiger partial charge in [0.05, 0.1) is 18.8 Å². The van der Waals surface area contributed by atoms with Crippen molar-refractivity contribution in [2.75, 3.05) is 24.7 Å². The Bertz CT molecular complexity index is 1010. The van der Waals surface area contributed by atoms with Gasteiger partial charge < -0.3 is 24.8 Å². The van der Waals surface area contributed by atoms with Gasteiger partial charge in [-0.3, -0.25) is 14.3 Å². The topological polar surface area (TPSA) is 133 Å². The van der Waals surface area contributed by atoms with Gasteiger partial charge in [0.25, 0.3) is 5.91 Å². The lowest BCUT2D eigenvalue weighted by Gasteiger charge is -2.13. The molecular formula is C15H14F4N4O6. The molecule has 0 spiro atoms. The normalized spacial score (nSPS) is 17.8. The summed E-state index contributed by atoms with van der Waals surface area (Å²) in [6.45, 7) is -2.73. The molecule has 2 amide bonds. The number of carbonyl (C=O) groups excluding carboxylic acids is 2. The average molecular weight is 422 g/mol. The van der Waals surface area contributed by atoms with Crippen molar-refractivity contribution in [3.63, 3.8) is 0 Å². The zero-order valence-corrected chi connectivity index (χ0v) is 14.5. The van der Waals surface area contributed by atoms with Gasteiger partial charge in [0, 0.05) is 12.1 Å². The molecule has 1 saturated heterocycles. The number of oxazole rings is 1. The van der Waals surface area contributed by atoms with Crippen LogP contribution in [-0.2, 0) is 20.9 Å². The molecule has 1 aromatic carbocycles. The summed E-state index contributed by atoms with van der Waals surface area (Å²) in [5.41, 5.74) is 3.30. The Morgan fingerprint density at radius 2 is 2.14 bits per heavy atom. The largest absolute Gasteiger partial charge is 0.434 e. The number of primary amides is 1. The molecule has 158 valence electrons. The van der Waals surface area contributed by atoms with Crippen molar-refractivity contribution in [3.05, 3.63) is 23.6 Å². The number of hydrogen-bond donors (Lipinski definition) is 2. The Morgan fingerprint density at radius 3 is 2.72 bits per heavy atom. The summed E-state index contributed by atoms with van der Waals surface area (Å²) >= 11 is 0. The number of carbonyl (C=O) groups is 2. The third kappa shape index (κ3) is 4.26. The molecule has 2 heterocycles. The molecule has 0 saturated carbocycles. The van der Waals surface area contributed by atoms with Crippen molar-refractivity contribution in [3.8, 4) is 0 Å². The molecule has 29 heavy (non-hydrogen) atoms. The second-order valence-corrected chi connectivity index (χ2v) is 5.89. The quantitative estimate of drug-likeness (QED) is 0.397.